The van der Waals surface area contributed by atoms with E-state index in [1.807, 2.05) is 74.5 Å². The van der Waals surface area contributed by atoms with Crippen molar-refractivity contribution in [1.29, 1.82) is 0 Å². The minimum atomic E-state index is -0.397. The van der Waals surface area contributed by atoms with Gasteiger partial charge in [0.25, 0.3) is 0 Å². The van der Waals surface area contributed by atoms with Gasteiger partial charge in [0.15, 0.2) is 0 Å². The molecule has 1 heterocycles. The third kappa shape index (κ3) is 3.93. The first kappa shape index (κ1) is 16.1. The van der Waals surface area contributed by atoms with Crippen molar-refractivity contribution in [2.24, 2.45) is 4.99 Å². The summed E-state index contributed by atoms with van der Waals surface area (Å²) in [5.74, 6) is 0.518. The van der Waals surface area contributed by atoms with Crippen LogP contribution in [-0.2, 0) is 11.3 Å². The minimum Gasteiger partial charge on any atom is -0.444 e. The van der Waals surface area contributed by atoms with Gasteiger partial charge in [0.05, 0.1) is 12.1 Å². The summed E-state index contributed by atoms with van der Waals surface area (Å²) in [6.07, 6.45) is -0.397. The zero-order chi connectivity index (χ0) is 17.0. The van der Waals surface area contributed by atoms with Crippen LogP contribution in [0.25, 0.3) is 0 Å². The number of hydrogen-bond donors (Lipinski definition) is 1. The molecule has 0 saturated heterocycles. The van der Waals surface area contributed by atoms with Crippen LogP contribution in [0.1, 0.15) is 19.4 Å². The predicted octanol–water partition coefficient (Wildman–Crippen LogP) is 3.89. The second-order valence-electron chi connectivity index (χ2n) is 6.37. The summed E-state index contributed by atoms with van der Waals surface area (Å²) in [5.41, 5.74) is 1.50. The number of carbonyl (C=O) groups is 1. The third-order valence-electron chi connectivity index (χ3n) is 3.66. The average molecular weight is 323 g/mol. The number of para-hydroxylation sites is 1. The lowest BCUT2D eigenvalue weighted by Gasteiger charge is -2.20. The van der Waals surface area contributed by atoms with Crippen molar-refractivity contribution in [1.82, 2.24) is 4.90 Å². The maximum Gasteiger partial charge on any atom is 0.417 e. The lowest BCUT2D eigenvalue weighted by molar-refractivity contribution is 0.115. The maximum absolute atomic E-state index is 12.5. The van der Waals surface area contributed by atoms with Crippen LogP contribution in [-0.4, -0.2) is 29.0 Å². The Bertz CT molecular complexity index is 727. The number of rotatable bonds is 3. The molecule has 0 bridgehead atoms. The van der Waals surface area contributed by atoms with Crippen molar-refractivity contribution < 1.29 is 9.53 Å². The first-order valence-electron chi connectivity index (χ1n) is 7.94. The van der Waals surface area contributed by atoms with Crippen LogP contribution in [0, 0.1) is 0 Å². The quantitative estimate of drug-likeness (QED) is 0.932. The fourth-order valence-electron chi connectivity index (χ4n) is 2.54. The predicted molar refractivity (Wildman–Crippen MR) is 94.9 cm³/mol. The summed E-state index contributed by atoms with van der Waals surface area (Å²) in [6.45, 7) is 4.71. The molecule has 2 aromatic carbocycles. The molecule has 1 N–H and O–H groups in total. The third-order valence-corrected chi connectivity index (χ3v) is 3.66. The van der Waals surface area contributed by atoms with Gasteiger partial charge in [0.2, 0.25) is 5.96 Å². The Balaban J connectivity index is 1.68. The van der Waals surface area contributed by atoms with E-state index in [0.29, 0.717) is 12.5 Å². The molecule has 124 valence electrons. The number of carbonyl (C=O) groups excluding carboxylic acids is 1. The van der Waals surface area contributed by atoms with Crippen LogP contribution in [0.4, 0.5) is 10.5 Å². The van der Waals surface area contributed by atoms with Gasteiger partial charge in [-0.25, -0.2) is 14.7 Å². The normalized spacial score (nSPS) is 15.8. The molecular weight excluding hydrogens is 302 g/mol. The zero-order valence-electron chi connectivity index (χ0n) is 13.9. The summed E-state index contributed by atoms with van der Waals surface area (Å²) < 4.78 is 5.44. The molecule has 0 saturated carbocycles. The molecule has 1 amide bonds. The van der Waals surface area contributed by atoms with E-state index >= 15 is 0 Å². The summed E-state index contributed by atoms with van der Waals surface area (Å²) >= 11 is 0. The van der Waals surface area contributed by atoms with Crippen LogP contribution in [0.3, 0.4) is 0 Å². The largest absolute Gasteiger partial charge is 0.444 e. The zero-order valence-corrected chi connectivity index (χ0v) is 13.9. The highest BCUT2D eigenvalue weighted by molar-refractivity contribution is 6.03. The molecule has 3 rings (SSSR count). The van der Waals surface area contributed by atoms with Gasteiger partial charge in [-0.15, -0.1) is 0 Å². The SMILES string of the molecule is CC1(C)CN(C(=O)OCc2ccccc2)C(Nc2ccccc2)=N1. The van der Waals surface area contributed by atoms with Gasteiger partial charge in [0, 0.05) is 5.69 Å². The lowest BCUT2D eigenvalue weighted by atomic mass is 10.1. The van der Waals surface area contributed by atoms with Crippen LogP contribution >= 0.6 is 0 Å². The Hall–Kier alpha value is -2.82. The van der Waals surface area contributed by atoms with Crippen molar-refractivity contribution in [3.8, 4) is 0 Å². The Morgan fingerprint density at radius 3 is 2.42 bits per heavy atom. The second kappa shape index (κ2) is 6.74. The Morgan fingerprint density at radius 2 is 1.75 bits per heavy atom. The van der Waals surface area contributed by atoms with E-state index in [2.05, 4.69) is 10.3 Å². The molecule has 1 aliphatic heterocycles. The average Bonchev–Trinajstić information content (AvgIpc) is 2.89. The summed E-state index contributed by atoms with van der Waals surface area (Å²) in [5, 5.41) is 3.20. The van der Waals surface area contributed by atoms with Gasteiger partial charge in [-0.3, -0.25) is 0 Å². The molecule has 0 spiro atoms. The van der Waals surface area contributed by atoms with Gasteiger partial charge in [-0.1, -0.05) is 48.5 Å². The fourth-order valence-corrected chi connectivity index (χ4v) is 2.54. The Kier molecular flexibility index (Phi) is 4.51. The molecule has 5 heteroatoms. The van der Waals surface area contributed by atoms with E-state index in [1.165, 1.54) is 0 Å². The molecule has 0 aliphatic carbocycles. The number of hydrogen-bond acceptors (Lipinski definition) is 4. The van der Waals surface area contributed by atoms with E-state index in [0.717, 1.165) is 11.3 Å². The number of nitrogens with zero attached hydrogens (tertiary/aromatic N) is 2. The fraction of sp³-hybridized carbons (Fsp3) is 0.263. The lowest BCUT2D eigenvalue weighted by Crippen LogP contribution is -2.40. The smallest absolute Gasteiger partial charge is 0.417 e. The summed E-state index contributed by atoms with van der Waals surface area (Å²) in [6, 6.07) is 19.3. The standard InChI is InChI=1S/C19H21N3O2/c1-19(2)14-22(17(21-19)20-16-11-7-4-8-12-16)18(23)24-13-15-9-5-3-6-10-15/h3-12H,13-14H2,1-2H3,(H,20,21). The van der Waals surface area contributed by atoms with Crippen molar-refractivity contribution in [3.05, 3.63) is 66.2 Å². The van der Waals surface area contributed by atoms with E-state index in [1.54, 1.807) is 4.90 Å². The van der Waals surface area contributed by atoms with Crippen LogP contribution in [0.15, 0.2) is 65.7 Å². The molecule has 0 unspecified atom stereocenters. The van der Waals surface area contributed by atoms with Crippen LogP contribution in [0.2, 0.25) is 0 Å². The van der Waals surface area contributed by atoms with Gasteiger partial charge in [0.1, 0.15) is 6.61 Å². The number of nitrogens with one attached hydrogen (secondary N) is 1. The van der Waals surface area contributed by atoms with Crippen molar-refractivity contribution >= 4 is 17.7 Å². The molecule has 2 aromatic rings. The van der Waals surface area contributed by atoms with Gasteiger partial charge < -0.3 is 10.1 Å². The van der Waals surface area contributed by atoms with E-state index in [-0.39, 0.29) is 12.1 Å². The number of ether oxygens (including phenoxy) is 1. The monoisotopic (exact) mass is 323 g/mol. The van der Waals surface area contributed by atoms with E-state index in [9.17, 15) is 4.79 Å². The molecule has 0 atom stereocenters. The molecule has 0 fully saturated rings. The summed E-state index contributed by atoms with van der Waals surface area (Å²) in [7, 11) is 0. The molecule has 5 nitrogen and oxygen atoms in total. The number of benzene rings is 2. The van der Waals surface area contributed by atoms with Gasteiger partial charge in [-0.2, -0.15) is 0 Å². The molecule has 1 aliphatic rings. The first-order chi connectivity index (χ1) is 11.5. The van der Waals surface area contributed by atoms with Crippen LogP contribution in [0.5, 0.6) is 0 Å². The van der Waals surface area contributed by atoms with Gasteiger partial charge in [-0.05, 0) is 31.5 Å². The van der Waals surface area contributed by atoms with Crippen molar-refractivity contribution in [3.63, 3.8) is 0 Å². The Labute approximate surface area is 142 Å². The molecule has 0 radical (unpaired) electrons. The molecular formula is C19H21N3O2. The molecule has 24 heavy (non-hydrogen) atoms. The highest BCUT2D eigenvalue weighted by Crippen LogP contribution is 2.22. The number of guanidine groups is 1. The maximum atomic E-state index is 12.5. The highest BCUT2D eigenvalue weighted by Gasteiger charge is 2.36. The first-order valence-corrected chi connectivity index (χ1v) is 7.94. The topological polar surface area (TPSA) is 53.9 Å². The van der Waals surface area contributed by atoms with Crippen LogP contribution < -0.4 is 5.32 Å². The molecule has 0 aromatic heterocycles. The van der Waals surface area contributed by atoms with Crippen molar-refractivity contribution in [2.45, 2.75) is 26.0 Å². The van der Waals surface area contributed by atoms with Gasteiger partial charge >= 0.3 is 6.09 Å². The van der Waals surface area contributed by atoms with E-state index < -0.39 is 6.09 Å². The Morgan fingerprint density at radius 1 is 1.12 bits per heavy atom. The number of amides is 1. The van der Waals surface area contributed by atoms with Crippen molar-refractivity contribution in [2.75, 3.05) is 11.9 Å². The summed E-state index contributed by atoms with van der Waals surface area (Å²) in [4.78, 5) is 18.6. The minimum absolute atomic E-state index is 0.245. The second-order valence-corrected chi connectivity index (χ2v) is 6.37. The number of aliphatic imine (C=N–C) groups is 1. The van der Waals surface area contributed by atoms with E-state index in [4.69, 9.17) is 4.74 Å². The highest BCUT2D eigenvalue weighted by atomic mass is 16.6. The number of anilines is 1.